The zero-order valence-corrected chi connectivity index (χ0v) is 14.5. The Hall–Kier alpha value is -2.95. The van der Waals surface area contributed by atoms with Crippen LogP contribution in [-0.2, 0) is 6.42 Å². The third-order valence-corrected chi connectivity index (χ3v) is 4.32. The van der Waals surface area contributed by atoms with E-state index in [0.717, 1.165) is 11.1 Å². The molecule has 0 spiro atoms. The highest BCUT2D eigenvalue weighted by Gasteiger charge is 2.22. The first kappa shape index (κ1) is 16.9. The summed E-state index contributed by atoms with van der Waals surface area (Å²) in [5.74, 6) is 1.77. The third kappa shape index (κ3) is 3.18. The van der Waals surface area contributed by atoms with Gasteiger partial charge in [0.15, 0.2) is 17.3 Å². The highest BCUT2D eigenvalue weighted by molar-refractivity contribution is 6.13. The number of phenolic OH excluding ortho intramolecular Hbond substituents is 1. The molecular weight excluding hydrogens is 320 g/mol. The molecule has 25 heavy (non-hydrogen) atoms. The topological polar surface area (TPSA) is 65.0 Å². The molecule has 2 aromatic rings. The third-order valence-electron chi connectivity index (χ3n) is 4.32. The van der Waals surface area contributed by atoms with Gasteiger partial charge in [-0.15, -0.1) is 0 Å². The molecule has 1 aliphatic rings. The van der Waals surface area contributed by atoms with Gasteiger partial charge in [0.05, 0.1) is 21.3 Å². The predicted octanol–water partition coefficient (Wildman–Crippen LogP) is 3.63. The van der Waals surface area contributed by atoms with Crippen LogP contribution in [0.4, 0.5) is 0 Å². The van der Waals surface area contributed by atoms with Crippen molar-refractivity contribution in [2.75, 3.05) is 21.3 Å². The minimum absolute atomic E-state index is 0.0185. The normalized spacial score (nSPS) is 15.0. The molecule has 5 heteroatoms. The van der Waals surface area contributed by atoms with Gasteiger partial charge in [0.2, 0.25) is 5.75 Å². The first-order valence-corrected chi connectivity index (χ1v) is 7.94. The summed E-state index contributed by atoms with van der Waals surface area (Å²) in [6.07, 6.45) is 3.18. The molecule has 0 fully saturated rings. The maximum absolute atomic E-state index is 12.7. The number of ether oxygens (including phenoxy) is 3. The number of hydrogen-bond acceptors (Lipinski definition) is 5. The van der Waals surface area contributed by atoms with Crippen molar-refractivity contribution < 1.29 is 24.1 Å². The van der Waals surface area contributed by atoms with Crippen LogP contribution in [0.2, 0.25) is 0 Å². The van der Waals surface area contributed by atoms with Crippen LogP contribution in [0.5, 0.6) is 23.0 Å². The van der Waals surface area contributed by atoms with E-state index in [9.17, 15) is 9.90 Å². The van der Waals surface area contributed by atoms with E-state index in [1.165, 1.54) is 0 Å². The maximum Gasteiger partial charge on any atom is 0.203 e. The number of carbonyl (C=O) groups excluding carboxylic acids is 1. The summed E-state index contributed by atoms with van der Waals surface area (Å²) < 4.78 is 16.0. The van der Waals surface area contributed by atoms with E-state index in [0.29, 0.717) is 41.2 Å². The number of ketones is 1. The number of rotatable bonds is 4. The monoisotopic (exact) mass is 340 g/mol. The number of hydrogen-bond donors (Lipinski definition) is 1. The number of fused-ring (bicyclic) bond motifs is 1. The largest absolute Gasteiger partial charge is 0.508 e. The van der Waals surface area contributed by atoms with Gasteiger partial charge in [-0.3, -0.25) is 4.79 Å². The second-order valence-corrected chi connectivity index (χ2v) is 5.80. The standard InChI is InChI=1S/C20H20O5/c1-23-17-9-12(10-18(24-2)20(17)25-3)8-14-5-4-13-11-15(21)6-7-16(13)19(14)22/h6-11,21H,4-5H2,1-3H3. The van der Waals surface area contributed by atoms with Crippen LogP contribution in [0.3, 0.4) is 0 Å². The van der Waals surface area contributed by atoms with E-state index in [1.807, 2.05) is 18.2 Å². The molecule has 0 saturated heterocycles. The summed E-state index contributed by atoms with van der Waals surface area (Å²) >= 11 is 0. The van der Waals surface area contributed by atoms with Crippen LogP contribution in [0, 0.1) is 0 Å². The second kappa shape index (κ2) is 6.89. The van der Waals surface area contributed by atoms with Gasteiger partial charge in [-0.25, -0.2) is 0 Å². The molecule has 3 rings (SSSR count). The zero-order valence-electron chi connectivity index (χ0n) is 14.5. The Morgan fingerprint density at radius 3 is 2.24 bits per heavy atom. The van der Waals surface area contributed by atoms with Crippen molar-refractivity contribution in [3.05, 3.63) is 52.6 Å². The maximum atomic E-state index is 12.7. The number of Topliss-reactive ketones (excluding diaryl/α,β-unsaturated/α-hetero) is 1. The van der Waals surface area contributed by atoms with Crippen molar-refractivity contribution in [3.63, 3.8) is 0 Å². The van der Waals surface area contributed by atoms with Crippen molar-refractivity contribution >= 4 is 11.9 Å². The molecule has 1 aliphatic carbocycles. The Morgan fingerprint density at radius 2 is 1.64 bits per heavy atom. The fraction of sp³-hybridized carbons (Fsp3) is 0.250. The van der Waals surface area contributed by atoms with E-state index in [2.05, 4.69) is 0 Å². The lowest BCUT2D eigenvalue weighted by Gasteiger charge is -2.18. The molecule has 0 heterocycles. The average Bonchev–Trinajstić information content (AvgIpc) is 2.63. The summed E-state index contributed by atoms with van der Waals surface area (Å²) in [6.45, 7) is 0. The van der Waals surface area contributed by atoms with E-state index in [1.54, 1.807) is 39.5 Å². The Kier molecular flexibility index (Phi) is 4.65. The number of aromatic hydroxyl groups is 1. The van der Waals surface area contributed by atoms with Gasteiger partial charge in [-0.2, -0.15) is 0 Å². The molecule has 0 atom stereocenters. The van der Waals surface area contributed by atoms with E-state index in [4.69, 9.17) is 14.2 Å². The lowest BCUT2D eigenvalue weighted by atomic mass is 9.86. The summed E-state index contributed by atoms with van der Waals surface area (Å²) in [5.41, 5.74) is 3.04. The first-order valence-electron chi connectivity index (χ1n) is 7.94. The molecule has 0 radical (unpaired) electrons. The minimum atomic E-state index is -0.0185. The molecule has 0 aromatic heterocycles. The van der Waals surface area contributed by atoms with Crippen LogP contribution >= 0.6 is 0 Å². The van der Waals surface area contributed by atoms with Crippen LogP contribution in [0.1, 0.15) is 27.9 Å². The summed E-state index contributed by atoms with van der Waals surface area (Å²) in [5, 5.41) is 9.57. The molecule has 0 saturated carbocycles. The molecule has 0 bridgehead atoms. The number of allylic oxidation sites excluding steroid dienone is 1. The van der Waals surface area contributed by atoms with Crippen LogP contribution < -0.4 is 14.2 Å². The highest BCUT2D eigenvalue weighted by Crippen LogP contribution is 2.39. The number of carbonyl (C=O) groups is 1. The van der Waals surface area contributed by atoms with Crippen molar-refractivity contribution in [2.45, 2.75) is 12.8 Å². The van der Waals surface area contributed by atoms with Gasteiger partial charge in [-0.1, -0.05) is 0 Å². The molecule has 0 amide bonds. The van der Waals surface area contributed by atoms with Gasteiger partial charge in [0.1, 0.15) is 5.75 Å². The number of aryl methyl sites for hydroxylation is 1. The molecule has 130 valence electrons. The Labute approximate surface area is 146 Å². The first-order chi connectivity index (χ1) is 12.1. The van der Waals surface area contributed by atoms with Crippen LogP contribution in [0.15, 0.2) is 35.9 Å². The van der Waals surface area contributed by atoms with E-state index in [-0.39, 0.29) is 11.5 Å². The Balaban J connectivity index is 2.01. The summed E-state index contributed by atoms with van der Waals surface area (Å²) in [6, 6.07) is 8.50. The molecular formula is C20H20O5. The molecule has 0 unspecified atom stereocenters. The number of benzene rings is 2. The smallest absolute Gasteiger partial charge is 0.203 e. The van der Waals surface area contributed by atoms with Crippen LogP contribution in [-0.4, -0.2) is 32.2 Å². The van der Waals surface area contributed by atoms with Crippen molar-refractivity contribution in [2.24, 2.45) is 0 Å². The van der Waals surface area contributed by atoms with Crippen LogP contribution in [0.25, 0.3) is 6.08 Å². The molecule has 2 aromatic carbocycles. The fourth-order valence-corrected chi connectivity index (χ4v) is 3.09. The van der Waals surface area contributed by atoms with Gasteiger partial charge in [-0.05, 0) is 60.4 Å². The number of methoxy groups -OCH3 is 3. The molecule has 0 aliphatic heterocycles. The van der Waals surface area contributed by atoms with Crippen molar-refractivity contribution in [1.82, 2.24) is 0 Å². The van der Waals surface area contributed by atoms with Crippen molar-refractivity contribution in [1.29, 1.82) is 0 Å². The van der Waals surface area contributed by atoms with Gasteiger partial charge >= 0.3 is 0 Å². The zero-order chi connectivity index (χ0) is 18.0. The van der Waals surface area contributed by atoms with Gasteiger partial charge in [0.25, 0.3) is 0 Å². The summed E-state index contributed by atoms with van der Waals surface area (Å²) in [7, 11) is 4.67. The Morgan fingerprint density at radius 1 is 0.960 bits per heavy atom. The molecule has 1 N–H and O–H groups in total. The average molecular weight is 340 g/mol. The lowest BCUT2D eigenvalue weighted by Crippen LogP contribution is -2.13. The Bertz CT molecular complexity index is 826. The lowest BCUT2D eigenvalue weighted by molar-refractivity contribution is 0.102. The highest BCUT2D eigenvalue weighted by atomic mass is 16.5. The predicted molar refractivity (Wildman–Crippen MR) is 94.8 cm³/mol. The SMILES string of the molecule is COc1cc(C=C2CCc3cc(O)ccc3C2=O)cc(OC)c1OC. The minimum Gasteiger partial charge on any atom is -0.508 e. The fourth-order valence-electron chi connectivity index (χ4n) is 3.09. The van der Waals surface area contributed by atoms with E-state index >= 15 is 0 Å². The quantitative estimate of drug-likeness (QED) is 0.861. The molecule has 5 nitrogen and oxygen atoms in total. The second-order valence-electron chi connectivity index (χ2n) is 5.80. The van der Waals surface area contributed by atoms with Crippen molar-refractivity contribution in [3.8, 4) is 23.0 Å². The van der Waals surface area contributed by atoms with Gasteiger partial charge in [0, 0.05) is 11.1 Å². The summed E-state index contributed by atoms with van der Waals surface area (Å²) in [4.78, 5) is 12.7. The van der Waals surface area contributed by atoms with E-state index < -0.39 is 0 Å². The van der Waals surface area contributed by atoms with Gasteiger partial charge < -0.3 is 19.3 Å². The number of phenols is 1.